The van der Waals surface area contributed by atoms with Gasteiger partial charge in [-0.15, -0.1) is 0 Å². The standard InChI is InChI=1S/C50H60O31/c1-70-23-7-16(8-24(71-2)31(23)59)3-6-29(58)78-45-37(65)33(61)26(13-52)75-49(45)81-46-38(66)34(62)27(14-53)76-50(46)80-44-35(63)30-21(57)10-18(11-22(30)73-42(44)17-4-5-19(55)20(56)9-17)72-47-41(69)39(67)43(28(15-54)77-47)79-48-40(68)36(64)32(60)25(12-51)74-48/h3-11,25-28,32-34,36-41,43,45-57,59-62,64-69H,12-15H2,1-2H3/b6-3+/t25-,26-,27-,28-,32-,33-,34-,36+,37+,38+,39-,40-,41-,43-,45-,46-,47-,48+,49+,50+/m1/s1. The highest BCUT2D eigenvalue weighted by Crippen LogP contribution is 2.42. The maximum absolute atomic E-state index is 14.8. The molecule has 0 aliphatic carbocycles. The summed E-state index contributed by atoms with van der Waals surface area (Å²) in [6, 6.07) is 7.39. The lowest BCUT2D eigenvalue weighted by Crippen LogP contribution is -2.65. The average Bonchev–Trinajstić information content (AvgIpc) is 3.61. The van der Waals surface area contributed by atoms with Crippen LogP contribution in [0.2, 0.25) is 0 Å². The SMILES string of the molecule is COc1cc(/C=C/C(=O)O[C@H]2[C@H](O[C@H]3[C@H](Oc4c(-c5ccc(O)c(O)c5)oc5cc(O[C@@H]6O[C@H](CO)[C@@H](O[C@@H]7O[C@H](CO)[C@@H](O)[C@H](O)[C@H]7O)[C@H](O)[C@H]6O)cc(O)c5c4=O)O[C@H](CO)[C@@H](O)[C@@H]3O)O[C@H](CO)[C@@H](O)[C@@H]2O)cc(OC)c1O. The van der Waals surface area contributed by atoms with Gasteiger partial charge in [-0.1, -0.05) is 0 Å². The summed E-state index contributed by atoms with van der Waals surface area (Å²) in [6.45, 7) is -3.80. The first-order valence-corrected chi connectivity index (χ1v) is 24.6. The molecule has 3 aromatic carbocycles. The van der Waals surface area contributed by atoms with Gasteiger partial charge in [0.1, 0.15) is 108 Å². The molecular weight excluding hydrogens is 1100 g/mol. The van der Waals surface area contributed by atoms with Crippen molar-refractivity contribution in [2.75, 3.05) is 40.6 Å². The molecule has 1 aromatic heterocycles. The van der Waals surface area contributed by atoms with E-state index in [4.69, 9.17) is 56.5 Å². The van der Waals surface area contributed by atoms with Crippen molar-refractivity contribution in [2.45, 2.75) is 123 Å². The Hall–Kier alpha value is -6.28. The van der Waals surface area contributed by atoms with Gasteiger partial charge >= 0.3 is 5.97 Å². The van der Waals surface area contributed by atoms with E-state index in [0.29, 0.717) is 0 Å². The number of carbonyl (C=O) groups is 1. The fraction of sp³-hybridized carbons (Fsp3) is 0.520. The highest BCUT2D eigenvalue weighted by Gasteiger charge is 2.54. The van der Waals surface area contributed by atoms with Gasteiger partial charge in [-0.05, 0) is 42.0 Å². The zero-order valence-corrected chi connectivity index (χ0v) is 42.4. The number of benzene rings is 3. The molecule has 20 atom stereocenters. The molecule has 0 bridgehead atoms. The number of aliphatic hydroxyl groups is 13. The van der Waals surface area contributed by atoms with Crippen LogP contribution in [0.1, 0.15) is 5.56 Å². The molecule has 4 saturated heterocycles. The van der Waals surface area contributed by atoms with Gasteiger partial charge in [-0.3, -0.25) is 4.79 Å². The largest absolute Gasteiger partial charge is 0.507 e. The normalized spacial score (nSPS) is 34.5. The molecule has 8 rings (SSSR count). The number of hydrogen-bond acceptors (Lipinski definition) is 31. The highest BCUT2D eigenvalue weighted by atomic mass is 16.8. The second kappa shape index (κ2) is 25.5. The van der Waals surface area contributed by atoms with Crippen LogP contribution in [0, 0.1) is 0 Å². The Morgan fingerprint density at radius 1 is 0.543 bits per heavy atom. The van der Waals surface area contributed by atoms with Crippen molar-refractivity contribution in [2.24, 2.45) is 0 Å². The maximum Gasteiger partial charge on any atom is 0.331 e. The highest BCUT2D eigenvalue weighted by molar-refractivity contribution is 5.89. The van der Waals surface area contributed by atoms with E-state index in [-0.39, 0.29) is 28.4 Å². The Morgan fingerprint density at radius 3 is 1.67 bits per heavy atom. The van der Waals surface area contributed by atoms with Crippen molar-refractivity contribution >= 4 is 23.0 Å². The Morgan fingerprint density at radius 2 is 1.07 bits per heavy atom. The molecule has 4 aliphatic heterocycles. The number of phenols is 4. The fourth-order valence-electron chi connectivity index (χ4n) is 9.28. The van der Waals surface area contributed by atoms with E-state index < -0.39 is 206 Å². The van der Waals surface area contributed by atoms with Crippen LogP contribution in [-0.4, -0.2) is 256 Å². The molecule has 81 heavy (non-hydrogen) atoms. The van der Waals surface area contributed by atoms with E-state index in [0.717, 1.165) is 36.4 Å². The van der Waals surface area contributed by atoms with Crippen LogP contribution >= 0.6 is 0 Å². The van der Waals surface area contributed by atoms with Gasteiger partial charge in [0.25, 0.3) is 0 Å². The molecule has 4 aromatic rings. The zero-order chi connectivity index (χ0) is 58.9. The van der Waals surface area contributed by atoms with Gasteiger partial charge < -0.3 is 143 Å². The Bertz CT molecular complexity index is 2890. The average molecular weight is 1160 g/mol. The minimum atomic E-state index is -2.21. The number of rotatable bonds is 18. The third-order valence-electron chi connectivity index (χ3n) is 13.7. The molecule has 0 spiro atoms. The van der Waals surface area contributed by atoms with Gasteiger partial charge in [-0.2, -0.15) is 0 Å². The smallest absolute Gasteiger partial charge is 0.331 e. The van der Waals surface area contributed by atoms with Crippen LogP contribution < -0.4 is 24.4 Å². The lowest BCUT2D eigenvalue weighted by Gasteiger charge is -2.46. The first-order valence-electron chi connectivity index (χ1n) is 24.6. The van der Waals surface area contributed by atoms with Crippen molar-refractivity contribution in [1.29, 1.82) is 0 Å². The quantitative estimate of drug-likeness (QED) is 0.0251. The first kappa shape index (κ1) is 60.8. The summed E-state index contributed by atoms with van der Waals surface area (Å²) in [5.41, 5.74) is -1.86. The van der Waals surface area contributed by atoms with Crippen LogP contribution in [0.5, 0.6) is 46.0 Å². The molecule has 31 heteroatoms. The molecule has 0 saturated carbocycles. The third-order valence-corrected chi connectivity index (χ3v) is 13.7. The number of aliphatic hydroxyl groups excluding tert-OH is 13. The summed E-state index contributed by atoms with van der Waals surface area (Å²) < 4.78 is 67.8. The Labute approximate surface area is 455 Å². The number of fused-ring (bicyclic) bond motifs is 1. The van der Waals surface area contributed by atoms with Crippen LogP contribution in [-0.2, 0) is 38.0 Å². The molecule has 0 radical (unpaired) electrons. The van der Waals surface area contributed by atoms with Gasteiger partial charge in [0.2, 0.25) is 29.5 Å². The van der Waals surface area contributed by atoms with E-state index in [2.05, 4.69) is 0 Å². The molecule has 0 unspecified atom stereocenters. The lowest BCUT2D eigenvalue weighted by molar-refractivity contribution is -0.358. The predicted molar refractivity (Wildman–Crippen MR) is 261 cm³/mol. The van der Waals surface area contributed by atoms with E-state index in [1.165, 1.54) is 32.4 Å². The van der Waals surface area contributed by atoms with Crippen molar-refractivity contribution in [3.8, 4) is 57.3 Å². The van der Waals surface area contributed by atoms with Gasteiger partial charge in [-0.25, -0.2) is 4.79 Å². The van der Waals surface area contributed by atoms with Crippen LogP contribution in [0.25, 0.3) is 28.4 Å². The van der Waals surface area contributed by atoms with Gasteiger partial charge in [0.05, 0.1) is 40.6 Å². The summed E-state index contributed by atoms with van der Waals surface area (Å²) in [4.78, 5) is 28.1. The molecule has 4 aliphatic rings. The van der Waals surface area contributed by atoms with Crippen molar-refractivity contribution in [3.63, 3.8) is 0 Å². The number of phenolic OH excluding ortho intramolecular Hbond substituents is 4. The van der Waals surface area contributed by atoms with Crippen LogP contribution in [0.3, 0.4) is 0 Å². The van der Waals surface area contributed by atoms with Crippen molar-refractivity contribution in [1.82, 2.24) is 0 Å². The molecule has 5 heterocycles. The molecule has 31 nitrogen and oxygen atoms in total. The van der Waals surface area contributed by atoms with Crippen LogP contribution in [0.4, 0.5) is 0 Å². The fourth-order valence-corrected chi connectivity index (χ4v) is 9.28. The van der Waals surface area contributed by atoms with Crippen molar-refractivity contribution < 1.29 is 148 Å². The zero-order valence-electron chi connectivity index (χ0n) is 42.4. The Balaban J connectivity index is 1.11. The number of hydrogen-bond donors (Lipinski definition) is 17. The number of esters is 1. The second-order valence-corrected chi connectivity index (χ2v) is 18.9. The maximum atomic E-state index is 14.8. The van der Waals surface area contributed by atoms with E-state index in [1.807, 2.05) is 0 Å². The van der Waals surface area contributed by atoms with Crippen molar-refractivity contribution in [3.05, 3.63) is 64.3 Å². The van der Waals surface area contributed by atoms with Crippen LogP contribution in [0.15, 0.2) is 57.8 Å². The number of aromatic hydroxyl groups is 4. The number of carbonyl (C=O) groups excluding carboxylic acids is 1. The molecule has 4 fully saturated rings. The molecule has 0 amide bonds. The monoisotopic (exact) mass is 1160 g/mol. The third kappa shape index (κ3) is 12.3. The lowest BCUT2D eigenvalue weighted by atomic mass is 9.97. The minimum Gasteiger partial charge on any atom is -0.507 e. The summed E-state index contributed by atoms with van der Waals surface area (Å²) >= 11 is 0. The van der Waals surface area contributed by atoms with Gasteiger partial charge in [0, 0.05) is 23.8 Å². The summed E-state index contributed by atoms with van der Waals surface area (Å²) in [5.74, 6) is -6.10. The van der Waals surface area contributed by atoms with E-state index in [9.17, 15) is 96.4 Å². The predicted octanol–water partition coefficient (Wildman–Crippen LogP) is -5.43. The molecular formula is C50H60O31. The first-order chi connectivity index (χ1) is 38.6. The minimum absolute atomic E-state index is 0.0384. The summed E-state index contributed by atoms with van der Waals surface area (Å²) in [6.07, 6.45) is -36.6. The Kier molecular flexibility index (Phi) is 19.1. The van der Waals surface area contributed by atoms with E-state index >= 15 is 0 Å². The second-order valence-electron chi connectivity index (χ2n) is 18.9. The topological polar surface area (TPSA) is 493 Å². The van der Waals surface area contributed by atoms with E-state index in [1.54, 1.807) is 0 Å². The summed E-state index contributed by atoms with van der Waals surface area (Å²) in [7, 11) is 2.52. The molecule has 446 valence electrons. The summed E-state index contributed by atoms with van der Waals surface area (Å²) in [5, 5.41) is 180. The molecule has 17 N–H and O–H groups in total. The van der Waals surface area contributed by atoms with Gasteiger partial charge in [0.15, 0.2) is 53.5 Å². The number of ether oxygens (including phenoxy) is 11. The number of methoxy groups -OCH3 is 2.